The molecule has 1 aromatic carbocycles. The van der Waals surface area contributed by atoms with Crippen molar-refractivity contribution < 1.29 is 17.9 Å². The van der Waals surface area contributed by atoms with Crippen molar-refractivity contribution in [1.29, 1.82) is 0 Å². The molecule has 0 atom stereocenters. The third-order valence-electron chi connectivity index (χ3n) is 4.54. The van der Waals surface area contributed by atoms with Crippen LogP contribution in [0.15, 0.2) is 34.1 Å². The highest BCUT2D eigenvalue weighted by atomic mass is 32.2. The number of nitrogens with one attached hydrogen (secondary N) is 1. The van der Waals surface area contributed by atoms with Gasteiger partial charge in [0, 0.05) is 29.9 Å². The van der Waals surface area contributed by atoms with E-state index in [9.17, 15) is 13.2 Å². The molecule has 0 fully saturated rings. The monoisotopic (exact) mass is 410 g/mol. The first-order chi connectivity index (χ1) is 12.7. The van der Waals surface area contributed by atoms with Crippen LogP contribution in [0.25, 0.3) is 0 Å². The summed E-state index contributed by atoms with van der Waals surface area (Å²) in [5.74, 6) is -0.619. The number of esters is 1. The Morgan fingerprint density at radius 1 is 1.19 bits per heavy atom. The number of rotatable bonds is 8. The van der Waals surface area contributed by atoms with Crippen LogP contribution in [0.4, 0.5) is 0 Å². The molecular weight excluding hydrogens is 384 g/mol. The Balaban J connectivity index is 2.22. The molecule has 0 saturated carbocycles. The van der Waals surface area contributed by atoms with Gasteiger partial charge in [0.05, 0.1) is 6.61 Å². The Kier molecular flexibility index (Phi) is 7.13. The number of benzene rings is 1. The number of carbonyl (C=O) groups is 1. The van der Waals surface area contributed by atoms with Gasteiger partial charge in [-0.1, -0.05) is 12.1 Å². The van der Waals surface area contributed by atoms with Crippen LogP contribution in [-0.4, -0.2) is 38.4 Å². The molecule has 0 spiro atoms. The topological polar surface area (TPSA) is 77.4 Å². The van der Waals surface area contributed by atoms with Gasteiger partial charge < -0.3 is 9.30 Å². The highest BCUT2D eigenvalue weighted by Crippen LogP contribution is 2.27. The Labute approximate surface area is 165 Å². The number of nitrogens with zero attached hydrogens (tertiary/aromatic N) is 1. The molecule has 0 bridgehead atoms. The van der Waals surface area contributed by atoms with Gasteiger partial charge in [-0.2, -0.15) is 0 Å². The summed E-state index contributed by atoms with van der Waals surface area (Å²) >= 11 is 1.66. The van der Waals surface area contributed by atoms with Gasteiger partial charge in [0.25, 0.3) is 0 Å². The number of sulfonamides is 1. The SMILES string of the molecule is CCOC(=O)c1c(S(=O)(=O)NCCc2ccc(SC)cc2)c(C)n(C)c1C. The van der Waals surface area contributed by atoms with E-state index in [-0.39, 0.29) is 23.6 Å². The number of ether oxygens (including phenoxy) is 1. The summed E-state index contributed by atoms with van der Waals surface area (Å²) < 4.78 is 35.2. The zero-order valence-electron chi connectivity index (χ0n) is 16.3. The molecular formula is C19H26N2O4S2. The maximum Gasteiger partial charge on any atom is 0.341 e. The lowest BCUT2D eigenvalue weighted by Crippen LogP contribution is -2.28. The third kappa shape index (κ3) is 4.75. The highest BCUT2D eigenvalue weighted by Gasteiger charge is 2.31. The predicted molar refractivity (Wildman–Crippen MR) is 108 cm³/mol. The average molecular weight is 411 g/mol. The molecule has 0 aliphatic rings. The van der Waals surface area contributed by atoms with Crippen molar-refractivity contribution in [3.8, 4) is 0 Å². The van der Waals surface area contributed by atoms with Crippen molar-refractivity contribution in [3.63, 3.8) is 0 Å². The lowest BCUT2D eigenvalue weighted by molar-refractivity contribution is 0.0521. The summed E-state index contributed by atoms with van der Waals surface area (Å²) in [7, 11) is -2.11. The minimum atomic E-state index is -3.85. The van der Waals surface area contributed by atoms with E-state index in [1.54, 1.807) is 44.1 Å². The number of thioether (sulfide) groups is 1. The largest absolute Gasteiger partial charge is 0.462 e. The number of aromatic nitrogens is 1. The molecule has 0 radical (unpaired) electrons. The highest BCUT2D eigenvalue weighted by molar-refractivity contribution is 7.98. The van der Waals surface area contributed by atoms with Crippen molar-refractivity contribution >= 4 is 27.8 Å². The zero-order valence-corrected chi connectivity index (χ0v) is 18.0. The van der Waals surface area contributed by atoms with Gasteiger partial charge >= 0.3 is 5.97 Å². The molecule has 0 aliphatic heterocycles. The molecule has 27 heavy (non-hydrogen) atoms. The van der Waals surface area contributed by atoms with Crippen LogP contribution in [0.2, 0.25) is 0 Å². The maximum atomic E-state index is 12.9. The van der Waals surface area contributed by atoms with Crippen LogP contribution in [0.1, 0.15) is 34.2 Å². The molecule has 8 heteroatoms. The summed E-state index contributed by atoms with van der Waals surface area (Å²) in [6.07, 6.45) is 2.57. The fourth-order valence-corrected chi connectivity index (χ4v) is 4.83. The standard InChI is InChI=1S/C19H26N2O4S2/c1-6-25-19(22)17-13(2)21(4)14(3)18(17)27(23,24)20-12-11-15-7-9-16(26-5)10-8-15/h7-10,20H,6,11-12H2,1-5H3. The number of hydrogen-bond acceptors (Lipinski definition) is 5. The molecule has 0 amide bonds. The van der Waals surface area contributed by atoms with Gasteiger partial charge in [0.1, 0.15) is 10.5 Å². The molecule has 0 saturated heterocycles. The normalized spacial score (nSPS) is 11.6. The van der Waals surface area contributed by atoms with Crippen LogP contribution >= 0.6 is 11.8 Å². The Bertz CT molecular complexity index is 916. The first kappa shape index (κ1) is 21.5. The molecule has 1 aromatic heterocycles. The molecule has 2 rings (SSSR count). The second-order valence-electron chi connectivity index (χ2n) is 6.15. The maximum absolute atomic E-state index is 12.9. The molecule has 1 N–H and O–H groups in total. The fraction of sp³-hybridized carbons (Fsp3) is 0.421. The second kappa shape index (κ2) is 8.95. The fourth-order valence-electron chi connectivity index (χ4n) is 2.88. The summed E-state index contributed by atoms with van der Waals surface area (Å²) in [4.78, 5) is 13.5. The van der Waals surface area contributed by atoms with E-state index in [1.165, 1.54) is 0 Å². The van der Waals surface area contributed by atoms with Crippen molar-refractivity contribution in [3.05, 3.63) is 46.8 Å². The Morgan fingerprint density at radius 2 is 1.81 bits per heavy atom. The summed E-state index contributed by atoms with van der Waals surface area (Å²) in [6, 6.07) is 8.00. The quantitative estimate of drug-likeness (QED) is 0.535. The minimum absolute atomic E-state index is 0.00122. The lowest BCUT2D eigenvalue weighted by Gasteiger charge is -2.10. The van der Waals surface area contributed by atoms with Crippen LogP contribution in [-0.2, 0) is 28.2 Å². The lowest BCUT2D eigenvalue weighted by atomic mass is 10.2. The molecule has 2 aromatic rings. The van der Waals surface area contributed by atoms with Crippen molar-refractivity contribution in [1.82, 2.24) is 9.29 Å². The average Bonchev–Trinajstić information content (AvgIpc) is 2.87. The molecule has 0 unspecified atom stereocenters. The number of carbonyl (C=O) groups excluding carboxylic acids is 1. The van der Waals surface area contributed by atoms with Gasteiger partial charge in [-0.15, -0.1) is 11.8 Å². The van der Waals surface area contributed by atoms with Gasteiger partial charge in [-0.05, 0) is 51.1 Å². The molecule has 0 aliphatic carbocycles. The molecule has 6 nitrogen and oxygen atoms in total. The van der Waals surface area contributed by atoms with Crippen LogP contribution in [0.3, 0.4) is 0 Å². The van der Waals surface area contributed by atoms with Gasteiger partial charge in [-0.3, -0.25) is 0 Å². The van der Waals surface area contributed by atoms with E-state index < -0.39 is 16.0 Å². The van der Waals surface area contributed by atoms with E-state index in [1.807, 2.05) is 30.5 Å². The first-order valence-corrected chi connectivity index (χ1v) is 11.4. The van der Waals surface area contributed by atoms with Gasteiger partial charge in [0.15, 0.2) is 0 Å². The summed E-state index contributed by atoms with van der Waals surface area (Å²) in [5.41, 5.74) is 2.22. The van der Waals surface area contributed by atoms with Crippen molar-refractivity contribution in [2.75, 3.05) is 19.4 Å². The smallest absolute Gasteiger partial charge is 0.341 e. The van der Waals surface area contributed by atoms with Crippen LogP contribution in [0, 0.1) is 13.8 Å². The van der Waals surface area contributed by atoms with Crippen LogP contribution in [0.5, 0.6) is 0 Å². The van der Waals surface area contributed by atoms with Gasteiger partial charge in [0.2, 0.25) is 10.0 Å². The van der Waals surface area contributed by atoms with E-state index in [0.717, 1.165) is 10.5 Å². The van der Waals surface area contributed by atoms with E-state index in [4.69, 9.17) is 4.74 Å². The van der Waals surface area contributed by atoms with Gasteiger partial charge in [-0.25, -0.2) is 17.9 Å². The van der Waals surface area contributed by atoms with E-state index in [2.05, 4.69) is 4.72 Å². The summed E-state index contributed by atoms with van der Waals surface area (Å²) in [6.45, 7) is 5.52. The predicted octanol–water partition coefficient (Wildman–Crippen LogP) is 3.06. The summed E-state index contributed by atoms with van der Waals surface area (Å²) in [5, 5.41) is 0. The van der Waals surface area contributed by atoms with E-state index >= 15 is 0 Å². The third-order valence-corrected chi connectivity index (χ3v) is 6.90. The minimum Gasteiger partial charge on any atom is -0.462 e. The first-order valence-electron chi connectivity index (χ1n) is 8.68. The second-order valence-corrected chi connectivity index (χ2v) is 8.73. The van der Waals surface area contributed by atoms with Crippen LogP contribution < -0.4 is 4.72 Å². The van der Waals surface area contributed by atoms with E-state index in [0.29, 0.717) is 17.8 Å². The number of hydrogen-bond donors (Lipinski definition) is 1. The molecule has 1 heterocycles. The van der Waals surface area contributed by atoms with Crippen molar-refractivity contribution in [2.45, 2.75) is 37.0 Å². The Hall–Kier alpha value is -1.77. The van der Waals surface area contributed by atoms with Crippen molar-refractivity contribution in [2.24, 2.45) is 7.05 Å². The Morgan fingerprint density at radius 3 is 2.37 bits per heavy atom. The molecule has 148 valence electrons. The zero-order chi connectivity index (χ0) is 20.2.